The van der Waals surface area contributed by atoms with E-state index in [1.165, 1.54) is 0 Å². The van der Waals surface area contributed by atoms with Crippen molar-refractivity contribution in [1.29, 1.82) is 0 Å². The Kier molecular flexibility index (Phi) is 2.41. The van der Waals surface area contributed by atoms with E-state index in [1.54, 1.807) is 13.3 Å². The van der Waals surface area contributed by atoms with Crippen molar-refractivity contribution in [1.82, 2.24) is 9.97 Å². The van der Waals surface area contributed by atoms with Crippen LogP contribution in [0, 0.1) is 0 Å². The molecule has 0 atom stereocenters. The third-order valence-corrected chi connectivity index (χ3v) is 2.97. The fraction of sp³-hybridized carbons (Fsp3) is 0.0714. The number of H-pyrrole nitrogens is 1. The van der Waals surface area contributed by atoms with Crippen LogP contribution >= 0.6 is 0 Å². The summed E-state index contributed by atoms with van der Waals surface area (Å²) in [5.41, 5.74) is 8.84. The van der Waals surface area contributed by atoms with Gasteiger partial charge in [0.1, 0.15) is 11.6 Å². The molecular formula is C14H13N3O. The molecule has 2 heterocycles. The molecule has 0 unspecified atom stereocenters. The van der Waals surface area contributed by atoms with Gasteiger partial charge < -0.3 is 15.5 Å². The maximum atomic E-state index is 5.67. The first-order chi connectivity index (χ1) is 8.78. The largest absolute Gasteiger partial charge is 0.497 e. The highest BCUT2D eigenvalue weighted by atomic mass is 16.5. The van der Waals surface area contributed by atoms with Gasteiger partial charge in [0, 0.05) is 29.4 Å². The quantitative estimate of drug-likeness (QED) is 0.722. The fourth-order valence-corrected chi connectivity index (χ4v) is 2.06. The summed E-state index contributed by atoms with van der Waals surface area (Å²) in [6.45, 7) is 0. The van der Waals surface area contributed by atoms with E-state index in [-0.39, 0.29) is 0 Å². The lowest BCUT2D eigenvalue weighted by Crippen LogP contribution is -1.88. The van der Waals surface area contributed by atoms with Crippen LogP contribution in [0.3, 0.4) is 0 Å². The van der Waals surface area contributed by atoms with Crippen LogP contribution in [-0.4, -0.2) is 17.1 Å². The van der Waals surface area contributed by atoms with Crippen molar-refractivity contribution in [3.05, 3.63) is 42.7 Å². The van der Waals surface area contributed by atoms with Crippen molar-refractivity contribution in [2.45, 2.75) is 0 Å². The molecule has 0 amide bonds. The van der Waals surface area contributed by atoms with Gasteiger partial charge in [-0.2, -0.15) is 0 Å². The summed E-state index contributed by atoms with van der Waals surface area (Å²) in [4.78, 5) is 7.34. The molecule has 0 fully saturated rings. The van der Waals surface area contributed by atoms with Crippen LogP contribution in [0.15, 0.2) is 42.7 Å². The molecule has 18 heavy (non-hydrogen) atoms. The van der Waals surface area contributed by atoms with Crippen LogP contribution < -0.4 is 10.5 Å². The Morgan fingerprint density at radius 2 is 2.17 bits per heavy atom. The second kappa shape index (κ2) is 4.07. The first kappa shape index (κ1) is 10.7. The molecule has 3 rings (SSSR count). The van der Waals surface area contributed by atoms with Crippen molar-refractivity contribution in [3.8, 4) is 16.9 Å². The maximum Gasteiger partial charge on any atom is 0.125 e. The van der Waals surface area contributed by atoms with E-state index in [0.29, 0.717) is 5.82 Å². The molecule has 0 aliphatic carbocycles. The number of fused-ring (bicyclic) bond motifs is 1. The van der Waals surface area contributed by atoms with Crippen LogP contribution in [0.25, 0.3) is 22.0 Å². The highest BCUT2D eigenvalue weighted by Gasteiger charge is 2.07. The zero-order valence-electron chi connectivity index (χ0n) is 9.97. The van der Waals surface area contributed by atoms with Gasteiger partial charge in [0.05, 0.1) is 12.6 Å². The Labute approximate surface area is 104 Å². The van der Waals surface area contributed by atoms with Gasteiger partial charge in [-0.05, 0) is 17.7 Å². The Bertz CT molecular complexity index is 703. The van der Waals surface area contributed by atoms with Gasteiger partial charge in [-0.25, -0.2) is 4.98 Å². The normalized spacial score (nSPS) is 10.7. The molecule has 0 aliphatic heterocycles. The zero-order chi connectivity index (χ0) is 12.5. The SMILES string of the molecule is COc1cccc(-c2c[nH]c3cc(N)ncc23)c1. The molecule has 0 aliphatic rings. The van der Waals surface area contributed by atoms with Crippen LogP contribution in [0.4, 0.5) is 5.82 Å². The van der Waals surface area contributed by atoms with E-state index < -0.39 is 0 Å². The summed E-state index contributed by atoms with van der Waals surface area (Å²) < 4.78 is 5.24. The third-order valence-electron chi connectivity index (χ3n) is 2.97. The molecule has 2 aromatic heterocycles. The van der Waals surface area contributed by atoms with Crippen molar-refractivity contribution in [2.24, 2.45) is 0 Å². The maximum absolute atomic E-state index is 5.67. The highest BCUT2D eigenvalue weighted by Crippen LogP contribution is 2.30. The lowest BCUT2D eigenvalue weighted by Gasteiger charge is -2.03. The highest BCUT2D eigenvalue weighted by molar-refractivity contribution is 5.95. The van der Waals surface area contributed by atoms with Crippen molar-refractivity contribution >= 4 is 16.7 Å². The topological polar surface area (TPSA) is 63.9 Å². The summed E-state index contributed by atoms with van der Waals surface area (Å²) in [6, 6.07) is 9.77. The van der Waals surface area contributed by atoms with E-state index >= 15 is 0 Å². The smallest absolute Gasteiger partial charge is 0.125 e. The number of anilines is 1. The first-order valence-corrected chi connectivity index (χ1v) is 5.65. The lowest BCUT2D eigenvalue weighted by molar-refractivity contribution is 0.415. The number of methoxy groups -OCH3 is 1. The first-order valence-electron chi connectivity index (χ1n) is 5.65. The van der Waals surface area contributed by atoms with Gasteiger partial charge in [0.15, 0.2) is 0 Å². The second-order valence-electron chi connectivity index (χ2n) is 4.09. The molecule has 4 heteroatoms. The number of nitrogens with one attached hydrogen (secondary N) is 1. The van der Waals surface area contributed by atoms with Gasteiger partial charge in [-0.15, -0.1) is 0 Å². The molecule has 0 spiro atoms. The zero-order valence-corrected chi connectivity index (χ0v) is 9.97. The summed E-state index contributed by atoms with van der Waals surface area (Å²) in [6.07, 6.45) is 3.75. The van der Waals surface area contributed by atoms with E-state index in [1.807, 2.05) is 36.5 Å². The number of ether oxygens (including phenoxy) is 1. The Morgan fingerprint density at radius 1 is 1.28 bits per heavy atom. The molecule has 90 valence electrons. The van der Waals surface area contributed by atoms with Crippen LogP contribution in [-0.2, 0) is 0 Å². The predicted molar refractivity (Wildman–Crippen MR) is 72.5 cm³/mol. The summed E-state index contributed by atoms with van der Waals surface area (Å²) >= 11 is 0. The lowest BCUT2D eigenvalue weighted by atomic mass is 10.1. The number of aromatic amines is 1. The fourth-order valence-electron chi connectivity index (χ4n) is 2.06. The number of rotatable bonds is 2. The number of hydrogen-bond donors (Lipinski definition) is 2. The van der Waals surface area contributed by atoms with E-state index in [2.05, 4.69) is 9.97 Å². The van der Waals surface area contributed by atoms with Gasteiger partial charge >= 0.3 is 0 Å². The van der Waals surface area contributed by atoms with Crippen molar-refractivity contribution < 1.29 is 4.74 Å². The average Bonchev–Trinajstić information content (AvgIpc) is 2.81. The molecule has 0 saturated carbocycles. The van der Waals surface area contributed by atoms with Gasteiger partial charge in [0.2, 0.25) is 0 Å². The Hall–Kier alpha value is -2.49. The number of hydrogen-bond acceptors (Lipinski definition) is 3. The van der Waals surface area contributed by atoms with Gasteiger partial charge in [-0.1, -0.05) is 12.1 Å². The van der Waals surface area contributed by atoms with Gasteiger partial charge in [-0.3, -0.25) is 0 Å². The van der Waals surface area contributed by atoms with Crippen molar-refractivity contribution in [3.63, 3.8) is 0 Å². The summed E-state index contributed by atoms with van der Waals surface area (Å²) in [5.74, 6) is 1.35. The van der Waals surface area contributed by atoms with Crippen LogP contribution in [0.5, 0.6) is 5.75 Å². The Balaban J connectivity index is 2.19. The molecule has 0 radical (unpaired) electrons. The van der Waals surface area contributed by atoms with E-state index in [0.717, 1.165) is 27.8 Å². The number of nitrogens with zero attached hydrogens (tertiary/aromatic N) is 1. The number of nitrogen functional groups attached to an aromatic ring is 1. The molecule has 1 aromatic carbocycles. The minimum absolute atomic E-state index is 0.515. The van der Waals surface area contributed by atoms with E-state index in [4.69, 9.17) is 10.5 Å². The summed E-state index contributed by atoms with van der Waals surface area (Å²) in [5, 5.41) is 1.05. The third kappa shape index (κ3) is 1.68. The molecular weight excluding hydrogens is 226 g/mol. The number of pyridine rings is 1. The Morgan fingerprint density at radius 3 is 3.00 bits per heavy atom. The number of benzene rings is 1. The molecule has 3 N–H and O–H groups in total. The monoisotopic (exact) mass is 239 g/mol. The molecule has 4 nitrogen and oxygen atoms in total. The number of aromatic nitrogens is 2. The molecule has 0 saturated heterocycles. The predicted octanol–water partition coefficient (Wildman–Crippen LogP) is 2.82. The summed E-state index contributed by atoms with van der Waals surface area (Å²) in [7, 11) is 1.66. The van der Waals surface area contributed by atoms with Crippen molar-refractivity contribution in [2.75, 3.05) is 12.8 Å². The van der Waals surface area contributed by atoms with Crippen LogP contribution in [0.1, 0.15) is 0 Å². The van der Waals surface area contributed by atoms with Crippen LogP contribution in [0.2, 0.25) is 0 Å². The van der Waals surface area contributed by atoms with E-state index in [9.17, 15) is 0 Å². The second-order valence-corrected chi connectivity index (χ2v) is 4.09. The average molecular weight is 239 g/mol. The minimum Gasteiger partial charge on any atom is -0.497 e. The molecule has 3 aromatic rings. The van der Waals surface area contributed by atoms with Gasteiger partial charge in [0.25, 0.3) is 0 Å². The minimum atomic E-state index is 0.515. The standard InChI is InChI=1S/C14H13N3O/c1-18-10-4-2-3-9(5-10)11-7-16-13-6-14(15)17-8-12(11)13/h2-8,16H,1H3,(H2,15,17). The number of nitrogens with two attached hydrogens (primary N) is 1. The molecule has 0 bridgehead atoms.